The van der Waals surface area contributed by atoms with Crippen LogP contribution >= 0.6 is 11.8 Å². The molecule has 0 aliphatic rings. The SMILES string of the molecule is Cc1cc(S[C@@H](C)C(=O)N(CCC#N)c2ccccc2)nc(C(C)C)n1. The van der Waals surface area contributed by atoms with E-state index in [0.717, 1.165) is 22.2 Å². The van der Waals surface area contributed by atoms with Crippen molar-refractivity contribution < 1.29 is 4.79 Å². The number of hydrogen-bond donors (Lipinski definition) is 0. The molecule has 2 rings (SSSR count). The number of nitrogens with zero attached hydrogens (tertiary/aromatic N) is 4. The Labute approximate surface area is 159 Å². The number of thioether (sulfide) groups is 1. The lowest BCUT2D eigenvalue weighted by atomic mass is 10.2. The van der Waals surface area contributed by atoms with Gasteiger partial charge in [0.05, 0.1) is 17.7 Å². The first-order chi connectivity index (χ1) is 12.4. The molecule has 0 radical (unpaired) electrons. The van der Waals surface area contributed by atoms with Crippen molar-refractivity contribution in [3.63, 3.8) is 0 Å². The van der Waals surface area contributed by atoms with Crippen LogP contribution < -0.4 is 4.90 Å². The predicted octanol–water partition coefficient (Wildman–Crippen LogP) is 4.34. The second-order valence-electron chi connectivity index (χ2n) is 6.35. The largest absolute Gasteiger partial charge is 0.310 e. The van der Waals surface area contributed by atoms with Crippen LogP contribution in [0.3, 0.4) is 0 Å². The molecule has 0 fully saturated rings. The normalized spacial score (nSPS) is 11.8. The second kappa shape index (κ2) is 9.35. The molecule has 0 spiro atoms. The van der Waals surface area contributed by atoms with Crippen LogP contribution in [0.15, 0.2) is 41.4 Å². The van der Waals surface area contributed by atoms with E-state index in [1.165, 1.54) is 11.8 Å². The van der Waals surface area contributed by atoms with Gasteiger partial charge in [0.2, 0.25) is 5.91 Å². The number of aryl methyl sites for hydroxylation is 1. The highest BCUT2D eigenvalue weighted by Crippen LogP contribution is 2.26. The highest BCUT2D eigenvalue weighted by Gasteiger charge is 2.23. The summed E-state index contributed by atoms with van der Waals surface area (Å²) in [5, 5.41) is 9.41. The van der Waals surface area contributed by atoms with E-state index in [1.54, 1.807) is 4.90 Å². The summed E-state index contributed by atoms with van der Waals surface area (Å²) in [6, 6.07) is 13.5. The fourth-order valence-corrected chi connectivity index (χ4v) is 3.44. The van der Waals surface area contributed by atoms with Crippen LogP contribution in [0.4, 0.5) is 5.69 Å². The molecule has 0 bridgehead atoms. The number of nitriles is 1. The van der Waals surface area contributed by atoms with Gasteiger partial charge in [-0.1, -0.05) is 43.8 Å². The Bertz CT molecular complexity index is 786. The summed E-state index contributed by atoms with van der Waals surface area (Å²) in [5.74, 6) is 0.993. The van der Waals surface area contributed by atoms with E-state index in [1.807, 2.05) is 50.2 Å². The zero-order valence-electron chi connectivity index (χ0n) is 15.6. The van der Waals surface area contributed by atoms with Crippen LogP contribution in [0, 0.1) is 18.3 Å². The summed E-state index contributed by atoms with van der Waals surface area (Å²) in [4.78, 5) is 23.7. The fraction of sp³-hybridized carbons (Fsp3) is 0.400. The van der Waals surface area contributed by atoms with Gasteiger partial charge in [-0.05, 0) is 32.0 Å². The maximum absolute atomic E-state index is 13.0. The van der Waals surface area contributed by atoms with Crippen LogP contribution in [0.25, 0.3) is 0 Å². The average Bonchev–Trinajstić information content (AvgIpc) is 2.62. The Morgan fingerprint density at radius 2 is 1.92 bits per heavy atom. The average molecular weight is 369 g/mol. The Balaban J connectivity index is 2.20. The third kappa shape index (κ3) is 5.30. The lowest BCUT2D eigenvalue weighted by Gasteiger charge is -2.25. The Kier molecular flexibility index (Phi) is 7.16. The smallest absolute Gasteiger partial charge is 0.240 e. The first-order valence-electron chi connectivity index (χ1n) is 8.68. The Morgan fingerprint density at radius 1 is 1.23 bits per heavy atom. The quantitative estimate of drug-likeness (QED) is 0.537. The van der Waals surface area contributed by atoms with Gasteiger partial charge in [-0.15, -0.1) is 0 Å². The Hall–Kier alpha value is -2.39. The molecule has 26 heavy (non-hydrogen) atoms. The van der Waals surface area contributed by atoms with E-state index in [9.17, 15) is 4.79 Å². The molecule has 6 heteroatoms. The minimum Gasteiger partial charge on any atom is -0.310 e. The molecule has 0 unspecified atom stereocenters. The van der Waals surface area contributed by atoms with Gasteiger partial charge in [0, 0.05) is 23.8 Å². The van der Waals surface area contributed by atoms with Crippen molar-refractivity contribution in [3.8, 4) is 6.07 Å². The maximum Gasteiger partial charge on any atom is 0.240 e. The van der Waals surface area contributed by atoms with Crippen molar-refractivity contribution in [2.45, 2.75) is 50.3 Å². The molecule has 1 atom stereocenters. The Morgan fingerprint density at radius 3 is 2.54 bits per heavy atom. The van der Waals surface area contributed by atoms with Crippen LogP contribution in [0.5, 0.6) is 0 Å². The monoisotopic (exact) mass is 368 g/mol. The summed E-state index contributed by atoms with van der Waals surface area (Å²) in [7, 11) is 0. The van der Waals surface area contributed by atoms with E-state index >= 15 is 0 Å². The van der Waals surface area contributed by atoms with Gasteiger partial charge in [0.1, 0.15) is 10.9 Å². The van der Waals surface area contributed by atoms with E-state index < -0.39 is 0 Å². The molecule has 1 heterocycles. The van der Waals surface area contributed by atoms with Crippen molar-refractivity contribution in [3.05, 3.63) is 47.9 Å². The van der Waals surface area contributed by atoms with Crippen molar-refractivity contribution in [2.24, 2.45) is 0 Å². The standard InChI is InChI=1S/C20H24N4OS/c1-14(2)19-22-15(3)13-18(23-19)26-16(4)20(25)24(12-8-11-21)17-9-6-5-7-10-17/h5-7,9-10,13-14,16H,8,12H2,1-4H3/t16-/m0/s1. The number of carbonyl (C=O) groups is 1. The first-order valence-corrected chi connectivity index (χ1v) is 9.56. The molecular weight excluding hydrogens is 344 g/mol. The number of hydrogen-bond acceptors (Lipinski definition) is 5. The first kappa shape index (κ1) is 19.9. The van der Waals surface area contributed by atoms with Crippen LogP contribution in [-0.2, 0) is 4.79 Å². The number of rotatable bonds is 7. The van der Waals surface area contributed by atoms with E-state index in [4.69, 9.17) is 5.26 Å². The number of carbonyl (C=O) groups excluding carboxylic acids is 1. The number of benzene rings is 1. The molecule has 1 aromatic heterocycles. The zero-order chi connectivity index (χ0) is 19.1. The summed E-state index contributed by atoms with van der Waals surface area (Å²) < 4.78 is 0. The van der Waals surface area contributed by atoms with Gasteiger partial charge in [0.15, 0.2) is 0 Å². The molecule has 2 aromatic rings. The summed E-state index contributed by atoms with van der Waals surface area (Å²) in [5.41, 5.74) is 1.71. The minimum atomic E-state index is -0.316. The van der Waals surface area contributed by atoms with Gasteiger partial charge in [-0.3, -0.25) is 4.79 Å². The molecule has 5 nitrogen and oxygen atoms in total. The number of para-hydroxylation sites is 1. The molecule has 0 aliphatic carbocycles. The van der Waals surface area contributed by atoms with E-state index in [2.05, 4.69) is 29.9 Å². The minimum absolute atomic E-state index is 0.0289. The van der Waals surface area contributed by atoms with Crippen LogP contribution in [-0.4, -0.2) is 27.7 Å². The molecule has 0 saturated heterocycles. The molecule has 0 saturated carbocycles. The topological polar surface area (TPSA) is 69.9 Å². The van der Waals surface area contributed by atoms with Gasteiger partial charge in [0.25, 0.3) is 0 Å². The number of amides is 1. The lowest BCUT2D eigenvalue weighted by Crippen LogP contribution is -2.37. The van der Waals surface area contributed by atoms with E-state index in [-0.39, 0.29) is 17.1 Å². The van der Waals surface area contributed by atoms with Crippen molar-refractivity contribution >= 4 is 23.4 Å². The highest BCUT2D eigenvalue weighted by atomic mass is 32.2. The molecular formula is C20H24N4OS. The number of anilines is 1. The van der Waals surface area contributed by atoms with Crippen LogP contribution in [0.1, 0.15) is 44.6 Å². The summed E-state index contributed by atoms with van der Waals surface area (Å²) >= 11 is 1.43. The maximum atomic E-state index is 13.0. The third-order valence-corrected chi connectivity index (χ3v) is 4.80. The number of aromatic nitrogens is 2. The van der Waals surface area contributed by atoms with Crippen molar-refractivity contribution in [2.75, 3.05) is 11.4 Å². The van der Waals surface area contributed by atoms with Gasteiger partial charge < -0.3 is 4.90 Å². The van der Waals surface area contributed by atoms with Crippen LogP contribution in [0.2, 0.25) is 0 Å². The molecule has 1 amide bonds. The molecule has 136 valence electrons. The van der Waals surface area contributed by atoms with Gasteiger partial charge >= 0.3 is 0 Å². The predicted molar refractivity (Wildman–Crippen MR) is 105 cm³/mol. The molecule has 0 N–H and O–H groups in total. The molecule has 0 aliphatic heterocycles. The van der Waals surface area contributed by atoms with Crippen molar-refractivity contribution in [1.29, 1.82) is 5.26 Å². The summed E-state index contributed by atoms with van der Waals surface area (Å²) in [6.45, 7) is 8.30. The third-order valence-electron chi connectivity index (χ3n) is 3.79. The zero-order valence-corrected chi connectivity index (χ0v) is 16.5. The van der Waals surface area contributed by atoms with Gasteiger partial charge in [-0.25, -0.2) is 9.97 Å². The second-order valence-corrected chi connectivity index (χ2v) is 7.72. The fourth-order valence-electron chi connectivity index (χ4n) is 2.47. The van der Waals surface area contributed by atoms with E-state index in [0.29, 0.717) is 13.0 Å². The summed E-state index contributed by atoms with van der Waals surface area (Å²) in [6.07, 6.45) is 0.294. The van der Waals surface area contributed by atoms with Crippen molar-refractivity contribution in [1.82, 2.24) is 9.97 Å². The highest BCUT2D eigenvalue weighted by molar-refractivity contribution is 8.00. The van der Waals surface area contributed by atoms with Gasteiger partial charge in [-0.2, -0.15) is 5.26 Å². The molecule has 1 aromatic carbocycles. The lowest BCUT2D eigenvalue weighted by molar-refractivity contribution is -0.117.